The van der Waals surface area contributed by atoms with Gasteiger partial charge < -0.3 is 10.5 Å². The summed E-state index contributed by atoms with van der Waals surface area (Å²) in [4.78, 5) is 12.4. The van der Waals surface area contributed by atoms with Crippen molar-refractivity contribution in [2.24, 2.45) is 5.73 Å². The average Bonchev–Trinajstić information content (AvgIpc) is 2.79. The number of methoxy groups -OCH3 is 1. The second kappa shape index (κ2) is 8.19. The third kappa shape index (κ3) is 4.91. The van der Waals surface area contributed by atoms with Crippen LogP contribution in [0.25, 0.3) is 0 Å². The van der Waals surface area contributed by atoms with Gasteiger partial charge in [-0.1, -0.05) is 6.92 Å². The highest BCUT2D eigenvalue weighted by Gasteiger charge is 2.21. The second-order valence-corrected chi connectivity index (χ2v) is 7.58. The number of thiophene rings is 1. The molecule has 1 heterocycles. The quantitative estimate of drug-likeness (QED) is 0.762. The van der Waals surface area contributed by atoms with Crippen LogP contribution in [0.2, 0.25) is 0 Å². The number of ether oxygens (including phenoxy) is 1. The molecule has 0 aliphatic heterocycles. The van der Waals surface area contributed by atoms with Crippen LogP contribution in [0.15, 0.2) is 15.9 Å². The van der Waals surface area contributed by atoms with Crippen LogP contribution in [0.1, 0.15) is 29.9 Å². The van der Waals surface area contributed by atoms with Crippen molar-refractivity contribution in [1.29, 1.82) is 0 Å². The van der Waals surface area contributed by atoms with Crippen LogP contribution in [0.5, 0.6) is 0 Å². The summed E-state index contributed by atoms with van der Waals surface area (Å²) in [6, 6.07) is 4.24. The first-order valence-electron chi connectivity index (χ1n) is 5.77. The van der Waals surface area contributed by atoms with Crippen LogP contribution in [-0.4, -0.2) is 24.9 Å². The molecular formula is C12H18BrNO2S2. The van der Waals surface area contributed by atoms with Crippen LogP contribution in [0, 0.1) is 0 Å². The molecule has 0 fully saturated rings. The Morgan fingerprint density at radius 2 is 2.33 bits per heavy atom. The van der Waals surface area contributed by atoms with Crippen molar-refractivity contribution in [2.75, 3.05) is 12.9 Å². The smallest absolute Gasteiger partial charge is 0.306 e. The number of rotatable bonds is 7. The summed E-state index contributed by atoms with van der Waals surface area (Å²) in [5.74, 6) is 0.569. The number of carbonyl (C=O) groups excluding carboxylic acids is 1. The molecule has 0 spiro atoms. The van der Waals surface area contributed by atoms with E-state index in [4.69, 9.17) is 5.73 Å². The van der Waals surface area contributed by atoms with Crippen molar-refractivity contribution < 1.29 is 9.53 Å². The Morgan fingerprint density at radius 1 is 1.61 bits per heavy atom. The van der Waals surface area contributed by atoms with Crippen molar-refractivity contribution in [3.05, 3.63) is 20.8 Å². The van der Waals surface area contributed by atoms with Gasteiger partial charge in [0.2, 0.25) is 0 Å². The second-order valence-electron chi connectivity index (χ2n) is 3.83. The Bertz CT molecular complexity index is 384. The average molecular weight is 352 g/mol. The maximum Gasteiger partial charge on any atom is 0.306 e. The van der Waals surface area contributed by atoms with Gasteiger partial charge >= 0.3 is 5.97 Å². The molecule has 2 atom stereocenters. The predicted molar refractivity (Wildman–Crippen MR) is 82.1 cm³/mol. The monoisotopic (exact) mass is 351 g/mol. The van der Waals surface area contributed by atoms with Crippen LogP contribution >= 0.6 is 39.0 Å². The summed E-state index contributed by atoms with van der Waals surface area (Å²) in [6.07, 6.45) is 1.35. The molecule has 0 aromatic carbocycles. The molecule has 6 heteroatoms. The Kier molecular flexibility index (Phi) is 7.29. The molecule has 0 radical (unpaired) electrons. The van der Waals surface area contributed by atoms with E-state index < -0.39 is 0 Å². The van der Waals surface area contributed by atoms with Gasteiger partial charge in [0.25, 0.3) is 0 Å². The summed E-state index contributed by atoms with van der Waals surface area (Å²) >= 11 is 6.90. The zero-order valence-electron chi connectivity index (χ0n) is 10.5. The Balaban J connectivity index is 2.59. The normalized spacial score (nSPS) is 14.2. The number of thioether (sulfide) groups is 1. The van der Waals surface area contributed by atoms with Gasteiger partial charge in [0, 0.05) is 16.7 Å². The summed E-state index contributed by atoms with van der Waals surface area (Å²) in [5, 5.41) is 0.246. The molecule has 2 N–H and O–H groups in total. The van der Waals surface area contributed by atoms with Crippen LogP contribution in [-0.2, 0) is 9.53 Å². The lowest BCUT2D eigenvalue weighted by atomic mass is 10.1. The van der Waals surface area contributed by atoms with E-state index in [-0.39, 0.29) is 17.3 Å². The van der Waals surface area contributed by atoms with Gasteiger partial charge in [0.1, 0.15) is 0 Å². The molecule has 1 aromatic heterocycles. The molecule has 102 valence electrons. The molecule has 0 aliphatic carbocycles. The minimum Gasteiger partial charge on any atom is -0.469 e. The molecule has 0 aliphatic rings. The number of hydrogen-bond acceptors (Lipinski definition) is 5. The first kappa shape index (κ1) is 16.0. The molecule has 0 amide bonds. The number of halogens is 1. The molecule has 1 rings (SSSR count). The van der Waals surface area contributed by atoms with E-state index in [1.165, 1.54) is 12.0 Å². The fraction of sp³-hybridized carbons (Fsp3) is 0.583. The number of carbonyl (C=O) groups is 1. The van der Waals surface area contributed by atoms with Gasteiger partial charge in [0.15, 0.2) is 0 Å². The van der Waals surface area contributed by atoms with Gasteiger partial charge in [-0.05, 0) is 34.5 Å². The third-order valence-corrected chi connectivity index (χ3v) is 5.82. The molecule has 0 saturated carbocycles. The first-order valence-corrected chi connectivity index (χ1v) is 8.43. The fourth-order valence-corrected chi connectivity index (χ4v) is 4.53. The molecule has 0 bridgehead atoms. The van der Waals surface area contributed by atoms with Crippen molar-refractivity contribution in [3.63, 3.8) is 0 Å². The number of hydrogen-bond donors (Lipinski definition) is 1. The Hall–Kier alpha value is -0.0400. The van der Waals surface area contributed by atoms with Crippen LogP contribution < -0.4 is 5.73 Å². The first-order chi connectivity index (χ1) is 8.58. The van der Waals surface area contributed by atoms with E-state index in [9.17, 15) is 4.79 Å². The van der Waals surface area contributed by atoms with Gasteiger partial charge in [-0.15, -0.1) is 11.3 Å². The van der Waals surface area contributed by atoms with E-state index >= 15 is 0 Å². The molecule has 3 nitrogen and oxygen atoms in total. The van der Waals surface area contributed by atoms with Crippen LogP contribution in [0.4, 0.5) is 0 Å². The minimum absolute atomic E-state index is 0.109. The summed E-state index contributed by atoms with van der Waals surface area (Å²) < 4.78 is 5.75. The highest BCUT2D eigenvalue weighted by molar-refractivity contribution is 9.11. The van der Waals surface area contributed by atoms with E-state index in [0.29, 0.717) is 6.42 Å². The van der Waals surface area contributed by atoms with Crippen molar-refractivity contribution in [3.8, 4) is 0 Å². The van der Waals surface area contributed by atoms with Gasteiger partial charge in [-0.2, -0.15) is 11.8 Å². The Morgan fingerprint density at radius 3 is 2.83 bits per heavy atom. The fourth-order valence-electron chi connectivity index (χ4n) is 1.48. The molecule has 18 heavy (non-hydrogen) atoms. The summed E-state index contributed by atoms with van der Waals surface area (Å²) in [5.41, 5.74) is 6.16. The highest BCUT2D eigenvalue weighted by Crippen LogP contribution is 2.38. The predicted octanol–water partition coefficient (Wildman–Crippen LogP) is 3.59. The topological polar surface area (TPSA) is 52.3 Å². The van der Waals surface area contributed by atoms with E-state index in [0.717, 1.165) is 16.0 Å². The maximum atomic E-state index is 11.1. The third-order valence-electron chi connectivity index (χ3n) is 2.57. The zero-order chi connectivity index (χ0) is 13.5. The molecule has 0 saturated heterocycles. The van der Waals surface area contributed by atoms with E-state index in [1.807, 2.05) is 6.07 Å². The zero-order valence-corrected chi connectivity index (χ0v) is 13.7. The van der Waals surface area contributed by atoms with Crippen molar-refractivity contribution in [2.45, 2.75) is 31.1 Å². The molecule has 2 unspecified atom stereocenters. The van der Waals surface area contributed by atoms with E-state index in [2.05, 4.69) is 33.7 Å². The van der Waals surface area contributed by atoms with Gasteiger partial charge in [-0.25, -0.2) is 0 Å². The van der Waals surface area contributed by atoms with E-state index in [1.54, 1.807) is 23.1 Å². The Labute approximate surface area is 125 Å². The number of esters is 1. The van der Waals surface area contributed by atoms with Gasteiger partial charge in [-0.3, -0.25) is 4.79 Å². The molecule has 1 aromatic rings. The summed E-state index contributed by atoms with van der Waals surface area (Å²) in [6.45, 7) is 2.08. The lowest BCUT2D eigenvalue weighted by Gasteiger charge is -2.21. The lowest BCUT2D eigenvalue weighted by molar-refractivity contribution is -0.140. The largest absolute Gasteiger partial charge is 0.469 e. The van der Waals surface area contributed by atoms with Crippen LogP contribution in [0.3, 0.4) is 0 Å². The van der Waals surface area contributed by atoms with Crippen molar-refractivity contribution >= 4 is 45.0 Å². The molecular weight excluding hydrogens is 334 g/mol. The minimum atomic E-state index is -0.168. The summed E-state index contributed by atoms with van der Waals surface area (Å²) in [7, 11) is 1.42. The lowest BCUT2D eigenvalue weighted by Crippen LogP contribution is -2.25. The SMILES string of the molecule is CCC(N)C(SCCC(=O)OC)c1ccc(Br)s1. The number of nitrogens with two attached hydrogens (primary N) is 1. The van der Waals surface area contributed by atoms with Gasteiger partial charge in [0.05, 0.1) is 22.6 Å². The highest BCUT2D eigenvalue weighted by atomic mass is 79.9. The standard InChI is InChI=1S/C12H18BrNO2S2/c1-3-8(14)12(9-4-5-10(13)18-9)17-7-6-11(15)16-2/h4-5,8,12H,3,6-7,14H2,1-2H3. The maximum absolute atomic E-state index is 11.1. The van der Waals surface area contributed by atoms with Crippen molar-refractivity contribution in [1.82, 2.24) is 0 Å².